The average Bonchev–Trinajstić information content (AvgIpc) is 2.87. The van der Waals surface area contributed by atoms with Crippen molar-refractivity contribution >= 4 is 5.97 Å². The van der Waals surface area contributed by atoms with E-state index in [4.69, 9.17) is 4.42 Å². The molecule has 18 heavy (non-hydrogen) atoms. The van der Waals surface area contributed by atoms with Gasteiger partial charge in [-0.15, -0.1) is 0 Å². The molecule has 1 aromatic rings. The van der Waals surface area contributed by atoms with Crippen molar-refractivity contribution in [3.8, 4) is 0 Å². The smallest absolute Gasteiger partial charge is 0.373 e. The molecule has 0 amide bonds. The highest BCUT2D eigenvalue weighted by Gasteiger charge is 2.23. The summed E-state index contributed by atoms with van der Waals surface area (Å²) >= 11 is 0. The highest BCUT2D eigenvalue weighted by Crippen LogP contribution is 2.23. The first-order chi connectivity index (χ1) is 8.61. The van der Waals surface area contributed by atoms with Gasteiger partial charge in [0, 0.05) is 26.2 Å². The zero-order valence-corrected chi connectivity index (χ0v) is 11.2. The number of likely N-dealkylation sites (N-methyl/N-ethyl adjacent to an activating group) is 1. The lowest BCUT2D eigenvalue weighted by Crippen LogP contribution is -2.45. The molecule has 0 N–H and O–H groups in total. The summed E-state index contributed by atoms with van der Waals surface area (Å²) in [6.07, 6.45) is 0. The largest absolute Gasteiger partial charge is 0.463 e. The third kappa shape index (κ3) is 2.73. The van der Waals surface area contributed by atoms with E-state index in [9.17, 15) is 4.79 Å². The van der Waals surface area contributed by atoms with Crippen LogP contribution < -0.4 is 0 Å². The lowest BCUT2D eigenvalue weighted by atomic mass is 10.2. The van der Waals surface area contributed by atoms with Gasteiger partial charge in [0.25, 0.3) is 0 Å². The van der Waals surface area contributed by atoms with Gasteiger partial charge in [0.2, 0.25) is 5.76 Å². The van der Waals surface area contributed by atoms with Crippen LogP contribution in [0.25, 0.3) is 0 Å². The molecular formula is C13H20N2O3. The molecule has 0 aliphatic carbocycles. The van der Waals surface area contributed by atoms with Gasteiger partial charge in [-0.3, -0.25) is 4.90 Å². The Labute approximate surface area is 107 Å². The summed E-state index contributed by atoms with van der Waals surface area (Å²) in [5, 5.41) is 0. The Hall–Kier alpha value is -1.33. The summed E-state index contributed by atoms with van der Waals surface area (Å²) in [6, 6.07) is 3.72. The van der Waals surface area contributed by atoms with Crippen molar-refractivity contribution in [2.45, 2.75) is 13.0 Å². The standard InChI is InChI=1S/C13H20N2O3/c1-10(15-8-6-14(2)7-9-15)11-4-5-12(18-11)13(16)17-3/h4-5,10H,6-9H2,1-3H3. The van der Waals surface area contributed by atoms with Gasteiger partial charge in [0.05, 0.1) is 13.2 Å². The topological polar surface area (TPSA) is 45.9 Å². The maximum Gasteiger partial charge on any atom is 0.373 e. The predicted molar refractivity (Wildman–Crippen MR) is 67.5 cm³/mol. The second kappa shape index (κ2) is 5.54. The molecule has 0 saturated carbocycles. The Morgan fingerprint density at radius 2 is 2.00 bits per heavy atom. The van der Waals surface area contributed by atoms with Crippen molar-refractivity contribution in [2.75, 3.05) is 40.3 Å². The molecule has 1 fully saturated rings. The maximum atomic E-state index is 11.3. The van der Waals surface area contributed by atoms with Crippen LogP contribution in [0.1, 0.15) is 29.3 Å². The molecule has 0 radical (unpaired) electrons. The molecule has 1 aromatic heterocycles. The molecule has 1 unspecified atom stereocenters. The molecule has 2 rings (SSSR count). The van der Waals surface area contributed by atoms with Crippen molar-refractivity contribution in [1.29, 1.82) is 0 Å². The second-order valence-corrected chi connectivity index (χ2v) is 4.71. The van der Waals surface area contributed by atoms with Gasteiger partial charge in [-0.05, 0) is 26.1 Å². The van der Waals surface area contributed by atoms with Crippen LogP contribution in [0.3, 0.4) is 0 Å². The number of carbonyl (C=O) groups excluding carboxylic acids is 1. The van der Waals surface area contributed by atoms with E-state index in [0.717, 1.165) is 31.9 Å². The number of esters is 1. The monoisotopic (exact) mass is 252 g/mol. The molecule has 2 heterocycles. The van der Waals surface area contributed by atoms with Crippen LogP contribution in [-0.4, -0.2) is 56.1 Å². The highest BCUT2D eigenvalue weighted by molar-refractivity contribution is 5.86. The molecular weight excluding hydrogens is 232 g/mol. The number of furan rings is 1. The summed E-state index contributed by atoms with van der Waals surface area (Å²) in [6.45, 7) is 6.27. The van der Waals surface area contributed by atoms with Gasteiger partial charge in [-0.1, -0.05) is 0 Å². The first-order valence-corrected chi connectivity index (χ1v) is 6.22. The molecule has 0 aromatic carbocycles. The zero-order valence-electron chi connectivity index (χ0n) is 11.2. The van der Waals surface area contributed by atoms with Gasteiger partial charge in [-0.2, -0.15) is 0 Å². The molecule has 100 valence electrons. The van der Waals surface area contributed by atoms with E-state index in [-0.39, 0.29) is 11.8 Å². The molecule has 1 aliphatic heterocycles. The van der Waals surface area contributed by atoms with E-state index < -0.39 is 5.97 Å². The number of hydrogen-bond donors (Lipinski definition) is 0. The van der Waals surface area contributed by atoms with Gasteiger partial charge >= 0.3 is 5.97 Å². The van der Waals surface area contributed by atoms with E-state index in [1.165, 1.54) is 7.11 Å². The van der Waals surface area contributed by atoms with Gasteiger partial charge in [-0.25, -0.2) is 4.79 Å². The number of carbonyl (C=O) groups is 1. The van der Waals surface area contributed by atoms with Crippen LogP contribution >= 0.6 is 0 Å². The van der Waals surface area contributed by atoms with Crippen molar-refractivity contribution in [3.63, 3.8) is 0 Å². The zero-order chi connectivity index (χ0) is 13.1. The van der Waals surface area contributed by atoms with Crippen LogP contribution in [0.4, 0.5) is 0 Å². The number of rotatable bonds is 3. The summed E-state index contributed by atoms with van der Waals surface area (Å²) in [4.78, 5) is 16.0. The first-order valence-electron chi connectivity index (χ1n) is 6.22. The summed E-state index contributed by atoms with van der Waals surface area (Å²) < 4.78 is 10.2. The normalized spacial score (nSPS) is 19.7. The highest BCUT2D eigenvalue weighted by atomic mass is 16.5. The molecule has 1 atom stereocenters. The van der Waals surface area contributed by atoms with Crippen molar-refractivity contribution in [2.24, 2.45) is 0 Å². The second-order valence-electron chi connectivity index (χ2n) is 4.71. The Kier molecular flexibility index (Phi) is 4.04. The molecule has 0 bridgehead atoms. The Morgan fingerprint density at radius 3 is 2.61 bits per heavy atom. The van der Waals surface area contributed by atoms with Crippen LogP contribution in [-0.2, 0) is 4.74 Å². The maximum absolute atomic E-state index is 11.3. The van der Waals surface area contributed by atoms with E-state index in [1.54, 1.807) is 6.07 Å². The van der Waals surface area contributed by atoms with Crippen LogP contribution in [0, 0.1) is 0 Å². The first kappa shape index (κ1) is 13.1. The molecule has 5 heteroatoms. The summed E-state index contributed by atoms with van der Waals surface area (Å²) in [5.41, 5.74) is 0. The average molecular weight is 252 g/mol. The van der Waals surface area contributed by atoms with Gasteiger partial charge < -0.3 is 14.1 Å². The SMILES string of the molecule is COC(=O)c1ccc(C(C)N2CCN(C)CC2)o1. The molecule has 1 aliphatic rings. The molecule has 0 spiro atoms. The van der Waals surface area contributed by atoms with Crippen molar-refractivity contribution in [1.82, 2.24) is 9.80 Å². The minimum atomic E-state index is -0.424. The summed E-state index contributed by atoms with van der Waals surface area (Å²) in [7, 11) is 3.48. The third-order valence-electron chi connectivity index (χ3n) is 3.51. The van der Waals surface area contributed by atoms with E-state index in [0.29, 0.717) is 0 Å². The van der Waals surface area contributed by atoms with Crippen molar-refractivity contribution < 1.29 is 13.9 Å². The Balaban J connectivity index is 2.02. The lowest BCUT2D eigenvalue weighted by molar-refractivity contribution is 0.0555. The number of piperazine rings is 1. The van der Waals surface area contributed by atoms with E-state index >= 15 is 0 Å². The van der Waals surface area contributed by atoms with Crippen LogP contribution in [0.15, 0.2) is 16.5 Å². The third-order valence-corrected chi connectivity index (χ3v) is 3.51. The minimum Gasteiger partial charge on any atom is -0.463 e. The van der Waals surface area contributed by atoms with Gasteiger partial charge in [0.1, 0.15) is 5.76 Å². The quantitative estimate of drug-likeness (QED) is 0.760. The number of hydrogen-bond acceptors (Lipinski definition) is 5. The number of ether oxygens (including phenoxy) is 1. The van der Waals surface area contributed by atoms with E-state index in [2.05, 4.69) is 28.5 Å². The summed E-state index contributed by atoms with van der Waals surface area (Å²) in [5.74, 6) is 0.667. The van der Waals surface area contributed by atoms with Gasteiger partial charge in [0.15, 0.2) is 0 Å². The number of methoxy groups -OCH3 is 1. The lowest BCUT2D eigenvalue weighted by Gasteiger charge is -2.35. The fourth-order valence-electron chi connectivity index (χ4n) is 2.18. The predicted octanol–water partition coefficient (Wildman–Crippen LogP) is 1.37. The number of nitrogens with zero attached hydrogens (tertiary/aromatic N) is 2. The van der Waals surface area contributed by atoms with E-state index in [1.807, 2.05) is 6.07 Å². The molecule has 5 nitrogen and oxygen atoms in total. The Bertz CT molecular complexity index is 408. The van der Waals surface area contributed by atoms with Crippen LogP contribution in [0.2, 0.25) is 0 Å². The Morgan fingerprint density at radius 1 is 1.33 bits per heavy atom. The fraction of sp³-hybridized carbons (Fsp3) is 0.615. The van der Waals surface area contributed by atoms with Crippen molar-refractivity contribution in [3.05, 3.63) is 23.7 Å². The molecule has 1 saturated heterocycles. The minimum absolute atomic E-state index is 0.192. The van der Waals surface area contributed by atoms with Crippen LogP contribution in [0.5, 0.6) is 0 Å². The fourth-order valence-corrected chi connectivity index (χ4v) is 2.18.